The van der Waals surface area contributed by atoms with E-state index >= 15 is 0 Å². The van der Waals surface area contributed by atoms with E-state index in [1.807, 2.05) is 29.2 Å². The Morgan fingerprint density at radius 3 is 2.18 bits per heavy atom. The van der Waals surface area contributed by atoms with E-state index in [9.17, 15) is 4.79 Å². The van der Waals surface area contributed by atoms with Crippen molar-refractivity contribution in [2.45, 2.75) is 13.1 Å². The van der Waals surface area contributed by atoms with Gasteiger partial charge in [-0.3, -0.25) is 9.69 Å². The van der Waals surface area contributed by atoms with Crippen LogP contribution in [0.4, 0.5) is 5.69 Å². The van der Waals surface area contributed by atoms with Crippen LogP contribution in [0.5, 0.6) is 11.5 Å². The quantitative estimate of drug-likeness (QED) is 0.645. The van der Waals surface area contributed by atoms with E-state index in [1.165, 1.54) is 0 Å². The van der Waals surface area contributed by atoms with Gasteiger partial charge in [-0.05, 0) is 24.3 Å². The molecule has 1 aliphatic heterocycles. The van der Waals surface area contributed by atoms with Crippen LogP contribution in [0.25, 0.3) is 0 Å². The van der Waals surface area contributed by atoms with E-state index < -0.39 is 0 Å². The van der Waals surface area contributed by atoms with Gasteiger partial charge >= 0.3 is 0 Å². The summed E-state index contributed by atoms with van der Waals surface area (Å²) < 4.78 is 21.9. The Bertz CT molecular complexity index is 888. The lowest BCUT2D eigenvalue weighted by Crippen LogP contribution is -2.32. The first-order valence-electron chi connectivity index (χ1n) is 8.83. The number of benzene rings is 1. The predicted octanol–water partition coefficient (Wildman–Crippen LogP) is 3.94. The Labute approximate surface area is 166 Å². The fourth-order valence-corrected chi connectivity index (χ4v) is 3.17. The lowest BCUT2D eigenvalue weighted by molar-refractivity contribution is -0.117. The van der Waals surface area contributed by atoms with Crippen LogP contribution >= 0.6 is 11.6 Å². The molecule has 0 spiro atoms. The van der Waals surface area contributed by atoms with Crippen molar-refractivity contribution in [2.24, 2.45) is 0 Å². The van der Waals surface area contributed by atoms with Gasteiger partial charge in [0.15, 0.2) is 11.5 Å². The maximum Gasteiger partial charge on any atom is 0.238 e. The van der Waals surface area contributed by atoms with Crippen molar-refractivity contribution in [3.8, 4) is 11.5 Å². The Kier molecular flexibility index (Phi) is 5.55. The molecule has 28 heavy (non-hydrogen) atoms. The molecule has 7 nitrogen and oxygen atoms in total. The van der Waals surface area contributed by atoms with Crippen LogP contribution in [0.15, 0.2) is 57.8 Å². The average Bonchev–Trinajstić information content (AvgIpc) is 3.36. The molecule has 0 saturated heterocycles. The second kappa shape index (κ2) is 8.41. The molecule has 8 heteroatoms. The van der Waals surface area contributed by atoms with Gasteiger partial charge in [-0.15, -0.1) is 0 Å². The van der Waals surface area contributed by atoms with Crippen LogP contribution in [0.1, 0.15) is 11.5 Å². The number of ether oxygens (including phenoxy) is 2. The molecule has 3 aromatic rings. The van der Waals surface area contributed by atoms with Crippen molar-refractivity contribution in [1.82, 2.24) is 4.90 Å². The van der Waals surface area contributed by atoms with Crippen LogP contribution < -0.4 is 14.8 Å². The lowest BCUT2D eigenvalue weighted by Gasteiger charge is -2.21. The highest BCUT2D eigenvalue weighted by Crippen LogP contribution is 2.37. The molecule has 1 amide bonds. The summed E-state index contributed by atoms with van der Waals surface area (Å²) in [6.45, 7) is 2.00. The van der Waals surface area contributed by atoms with Crippen molar-refractivity contribution in [1.29, 1.82) is 0 Å². The topological polar surface area (TPSA) is 77.1 Å². The van der Waals surface area contributed by atoms with E-state index in [1.54, 1.807) is 24.7 Å². The molecule has 0 bridgehead atoms. The molecular weight excluding hydrogens is 384 g/mol. The second-order valence-electron chi connectivity index (χ2n) is 6.33. The van der Waals surface area contributed by atoms with Crippen LogP contribution in [0.3, 0.4) is 0 Å². The highest BCUT2D eigenvalue weighted by Gasteiger charge is 2.19. The van der Waals surface area contributed by atoms with Crippen molar-refractivity contribution >= 4 is 23.2 Å². The minimum absolute atomic E-state index is 0.131. The van der Waals surface area contributed by atoms with E-state index in [0.29, 0.717) is 48.5 Å². The minimum Gasteiger partial charge on any atom is -0.486 e. The molecular formula is C20H19ClN2O5. The number of hydrogen-bond donors (Lipinski definition) is 1. The van der Waals surface area contributed by atoms with E-state index in [2.05, 4.69) is 5.32 Å². The van der Waals surface area contributed by atoms with Crippen LogP contribution in [0.2, 0.25) is 5.02 Å². The smallest absolute Gasteiger partial charge is 0.238 e. The number of rotatable bonds is 7. The Hall–Kier alpha value is -2.90. The third-order valence-electron chi connectivity index (χ3n) is 4.19. The maximum absolute atomic E-state index is 12.7. The average molecular weight is 403 g/mol. The summed E-state index contributed by atoms with van der Waals surface area (Å²) in [6, 6.07) is 10.7. The van der Waals surface area contributed by atoms with E-state index in [-0.39, 0.29) is 12.5 Å². The third kappa shape index (κ3) is 4.49. The summed E-state index contributed by atoms with van der Waals surface area (Å²) in [6.07, 6.45) is 3.21. The summed E-state index contributed by atoms with van der Waals surface area (Å²) in [5.41, 5.74) is 0.479. The molecule has 0 aliphatic carbocycles. The van der Waals surface area contributed by atoms with E-state index in [0.717, 1.165) is 11.5 Å². The molecule has 0 radical (unpaired) electrons. The molecule has 0 atom stereocenters. The van der Waals surface area contributed by atoms with Crippen LogP contribution in [-0.2, 0) is 17.9 Å². The SMILES string of the molecule is O=C(CN(Cc1ccco1)Cc1ccco1)Nc1cc2c(cc1Cl)OCCO2. The van der Waals surface area contributed by atoms with E-state index in [4.69, 9.17) is 29.9 Å². The molecule has 3 heterocycles. The number of fused-ring (bicyclic) bond motifs is 1. The van der Waals surface area contributed by atoms with Gasteiger partial charge in [-0.2, -0.15) is 0 Å². The molecule has 0 saturated carbocycles. The monoisotopic (exact) mass is 402 g/mol. The van der Waals surface area contributed by atoms with Gasteiger partial charge in [0.2, 0.25) is 5.91 Å². The highest BCUT2D eigenvalue weighted by atomic mass is 35.5. The van der Waals surface area contributed by atoms with Gasteiger partial charge in [0.05, 0.1) is 42.9 Å². The van der Waals surface area contributed by atoms with Crippen LogP contribution in [0, 0.1) is 0 Å². The van der Waals surface area contributed by atoms with Gasteiger partial charge in [0, 0.05) is 12.1 Å². The normalized spacial score (nSPS) is 12.9. The molecule has 2 aromatic heterocycles. The standard InChI is InChI=1S/C20H19ClN2O5/c21-16-9-18-19(28-8-7-27-18)10-17(16)22-20(24)13-23(11-14-3-1-5-25-14)12-15-4-2-6-26-15/h1-6,9-10H,7-8,11-13H2,(H,22,24). The molecule has 1 aromatic carbocycles. The van der Waals surface area contributed by atoms with Gasteiger partial charge in [-0.25, -0.2) is 0 Å². The highest BCUT2D eigenvalue weighted by molar-refractivity contribution is 6.34. The number of nitrogens with zero attached hydrogens (tertiary/aromatic N) is 1. The second-order valence-corrected chi connectivity index (χ2v) is 6.73. The van der Waals surface area contributed by atoms with Gasteiger partial charge in [-0.1, -0.05) is 11.6 Å². The largest absolute Gasteiger partial charge is 0.486 e. The number of furan rings is 2. The Balaban J connectivity index is 1.45. The van der Waals surface area contributed by atoms with Gasteiger partial charge < -0.3 is 23.6 Å². The van der Waals surface area contributed by atoms with Crippen molar-refractivity contribution in [2.75, 3.05) is 25.1 Å². The molecule has 1 aliphatic rings. The van der Waals surface area contributed by atoms with Gasteiger partial charge in [0.1, 0.15) is 24.7 Å². The lowest BCUT2D eigenvalue weighted by atomic mass is 10.2. The summed E-state index contributed by atoms with van der Waals surface area (Å²) in [4.78, 5) is 14.6. The molecule has 146 valence electrons. The maximum atomic E-state index is 12.7. The fraction of sp³-hybridized carbons (Fsp3) is 0.250. The predicted molar refractivity (Wildman–Crippen MR) is 103 cm³/mol. The number of halogens is 1. The Morgan fingerprint density at radius 1 is 1.00 bits per heavy atom. The number of nitrogens with one attached hydrogen (secondary N) is 1. The Morgan fingerprint density at radius 2 is 1.61 bits per heavy atom. The first kappa shape index (κ1) is 18.5. The number of hydrogen-bond acceptors (Lipinski definition) is 6. The zero-order valence-electron chi connectivity index (χ0n) is 15.0. The summed E-state index contributed by atoms with van der Waals surface area (Å²) in [5.74, 6) is 2.45. The first-order valence-corrected chi connectivity index (χ1v) is 9.21. The van der Waals surface area contributed by atoms with Gasteiger partial charge in [0.25, 0.3) is 0 Å². The van der Waals surface area contributed by atoms with Crippen molar-refractivity contribution in [3.63, 3.8) is 0 Å². The zero-order chi connectivity index (χ0) is 19.3. The summed E-state index contributed by atoms with van der Waals surface area (Å²) >= 11 is 6.28. The van der Waals surface area contributed by atoms with Crippen molar-refractivity contribution < 1.29 is 23.1 Å². The number of amides is 1. The summed E-state index contributed by atoms with van der Waals surface area (Å²) in [5, 5.41) is 3.23. The fourth-order valence-electron chi connectivity index (χ4n) is 2.97. The molecule has 1 N–H and O–H groups in total. The van der Waals surface area contributed by atoms with Crippen molar-refractivity contribution in [3.05, 3.63) is 65.5 Å². The summed E-state index contributed by atoms with van der Waals surface area (Å²) in [7, 11) is 0. The number of carbonyl (C=O) groups excluding carboxylic acids is 1. The minimum atomic E-state index is -0.211. The number of carbonyl (C=O) groups is 1. The molecule has 0 unspecified atom stereocenters. The van der Waals surface area contributed by atoms with Crippen LogP contribution in [-0.4, -0.2) is 30.6 Å². The first-order chi connectivity index (χ1) is 13.7. The third-order valence-corrected chi connectivity index (χ3v) is 4.50. The number of anilines is 1. The molecule has 0 fully saturated rings. The zero-order valence-corrected chi connectivity index (χ0v) is 15.8. The molecule has 4 rings (SSSR count).